The minimum absolute atomic E-state index is 0.585. The van der Waals surface area contributed by atoms with E-state index in [1.54, 1.807) is 0 Å². The van der Waals surface area contributed by atoms with Crippen LogP contribution in [-0.2, 0) is 13.1 Å². The van der Waals surface area contributed by atoms with E-state index >= 15 is 0 Å². The first-order valence-corrected chi connectivity index (χ1v) is 14.4. The van der Waals surface area contributed by atoms with Crippen molar-refractivity contribution >= 4 is 0 Å². The molecule has 3 aromatic carbocycles. The maximum absolute atomic E-state index is 4.43. The summed E-state index contributed by atoms with van der Waals surface area (Å²) >= 11 is 0. The minimum Gasteiger partial charge on any atom is -0.303 e. The van der Waals surface area contributed by atoms with Gasteiger partial charge in [0.15, 0.2) is 0 Å². The normalized spacial score (nSPS) is 10.4. The number of nitrogens with zero attached hydrogens (tertiary/aromatic N) is 6. The van der Waals surface area contributed by atoms with Crippen molar-refractivity contribution in [3.63, 3.8) is 0 Å². The third kappa shape index (κ3) is 8.50. The summed E-state index contributed by atoms with van der Waals surface area (Å²) < 4.78 is 3.72. The molecule has 44 heavy (non-hydrogen) atoms. The Kier molecular flexibility index (Phi) is 10.6. The molecule has 0 atom stereocenters. The topological polar surface area (TPSA) is 85.5 Å². The van der Waals surface area contributed by atoms with E-state index in [0.29, 0.717) is 26.2 Å². The molecule has 2 heterocycles. The SMILES string of the molecule is C=CCNCC#Cc1cccc(-c2cn(Cc3ccccc3Cn3cc(-c4cccc(C#CCNCC=C)c4)nn3)nn2)c1. The van der Waals surface area contributed by atoms with Gasteiger partial charge < -0.3 is 10.6 Å². The molecule has 0 amide bonds. The van der Waals surface area contributed by atoms with E-state index in [2.05, 4.69) is 80.2 Å². The largest absolute Gasteiger partial charge is 0.303 e. The van der Waals surface area contributed by atoms with Crippen LogP contribution in [0.3, 0.4) is 0 Å². The van der Waals surface area contributed by atoms with Crippen LogP contribution in [0.5, 0.6) is 0 Å². The lowest BCUT2D eigenvalue weighted by Crippen LogP contribution is -2.12. The molecule has 5 rings (SSSR count). The fraction of sp³-hybridized carbons (Fsp3) is 0.167. The standard InChI is InChI=1S/C36H34N8/c1-3-19-37-21-9-13-29-11-7-17-31(23-29)35-27-43(41-39-35)25-33-15-5-6-16-34(33)26-44-28-36(40-42-44)32-18-8-12-30(24-32)14-10-22-38-20-4-2/h3-8,11-12,15-18,23-24,27-28,37-38H,1-2,19-22,25-26H2. The second-order valence-corrected chi connectivity index (χ2v) is 9.98. The average Bonchev–Trinajstić information content (AvgIpc) is 3.72. The molecular formula is C36H34N8. The summed E-state index contributed by atoms with van der Waals surface area (Å²) in [4.78, 5) is 0. The zero-order chi connectivity index (χ0) is 30.4. The fourth-order valence-electron chi connectivity index (χ4n) is 4.51. The van der Waals surface area contributed by atoms with Crippen LogP contribution in [0.1, 0.15) is 22.3 Å². The average molecular weight is 579 g/mol. The smallest absolute Gasteiger partial charge is 0.113 e. The summed E-state index contributed by atoms with van der Waals surface area (Å²) in [7, 11) is 0. The van der Waals surface area contributed by atoms with Crippen LogP contribution >= 0.6 is 0 Å². The van der Waals surface area contributed by atoms with Crippen molar-refractivity contribution in [3.8, 4) is 46.2 Å². The van der Waals surface area contributed by atoms with Gasteiger partial charge in [0.1, 0.15) is 11.4 Å². The van der Waals surface area contributed by atoms with E-state index in [0.717, 1.165) is 57.9 Å². The van der Waals surface area contributed by atoms with Gasteiger partial charge in [-0.3, -0.25) is 0 Å². The molecule has 2 N–H and O–H groups in total. The molecule has 0 radical (unpaired) electrons. The van der Waals surface area contributed by atoms with Crippen LogP contribution in [0.25, 0.3) is 22.5 Å². The van der Waals surface area contributed by atoms with Crippen LogP contribution in [-0.4, -0.2) is 56.2 Å². The van der Waals surface area contributed by atoms with Crippen LogP contribution in [0, 0.1) is 23.7 Å². The quantitative estimate of drug-likeness (QED) is 0.128. The molecule has 0 aliphatic heterocycles. The summed E-state index contributed by atoms with van der Waals surface area (Å²) in [6, 6.07) is 24.4. The van der Waals surface area contributed by atoms with E-state index in [-0.39, 0.29) is 0 Å². The number of benzene rings is 3. The zero-order valence-electron chi connectivity index (χ0n) is 24.6. The van der Waals surface area contributed by atoms with Crippen LogP contribution in [0.4, 0.5) is 0 Å². The third-order valence-electron chi connectivity index (χ3n) is 6.65. The molecule has 5 aromatic rings. The van der Waals surface area contributed by atoms with Gasteiger partial charge in [0.2, 0.25) is 0 Å². The maximum Gasteiger partial charge on any atom is 0.113 e. The Morgan fingerprint density at radius 3 is 1.57 bits per heavy atom. The molecule has 0 aliphatic rings. The number of nitrogens with one attached hydrogen (secondary N) is 2. The predicted molar refractivity (Wildman–Crippen MR) is 175 cm³/mol. The zero-order valence-corrected chi connectivity index (χ0v) is 24.6. The highest BCUT2D eigenvalue weighted by Gasteiger charge is 2.10. The van der Waals surface area contributed by atoms with Gasteiger partial charge in [-0.15, -0.1) is 23.4 Å². The highest BCUT2D eigenvalue weighted by Crippen LogP contribution is 2.20. The highest BCUT2D eigenvalue weighted by atomic mass is 15.4. The number of aromatic nitrogens is 6. The van der Waals surface area contributed by atoms with Crippen molar-refractivity contribution in [1.82, 2.24) is 40.6 Å². The Bertz CT molecular complexity index is 1710. The van der Waals surface area contributed by atoms with E-state index in [4.69, 9.17) is 0 Å². The summed E-state index contributed by atoms with van der Waals surface area (Å²) in [5.41, 5.74) is 7.70. The maximum atomic E-state index is 4.43. The van der Waals surface area contributed by atoms with Crippen molar-refractivity contribution in [2.75, 3.05) is 26.2 Å². The van der Waals surface area contributed by atoms with Gasteiger partial charge in [0.25, 0.3) is 0 Å². The Morgan fingerprint density at radius 1 is 0.636 bits per heavy atom. The monoisotopic (exact) mass is 578 g/mol. The summed E-state index contributed by atoms with van der Waals surface area (Å²) in [5, 5.41) is 24.0. The van der Waals surface area contributed by atoms with Gasteiger partial charge in [0, 0.05) is 35.3 Å². The lowest BCUT2D eigenvalue weighted by atomic mass is 10.1. The van der Waals surface area contributed by atoms with Gasteiger partial charge in [-0.05, 0) is 35.4 Å². The molecule has 8 nitrogen and oxygen atoms in total. The van der Waals surface area contributed by atoms with Crippen molar-refractivity contribution in [2.24, 2.45) is 0 Å². The van der Waals surface area contributed by atoms with Gasteiger partial charge in [0.05, 0.1) is 38.6 Å². The molecule has 0 unspecified atom stereocenters. The van der Waals surface area contributed by atoms with E-state index in [1.807, 2.05) is 94.6 Å². The van der Waals surface area contributed by atoms with Crippen LogP contribution in [0.15, 0.2) is 111 Å². The first kappa shape index (κ1) is 29.9. The Labute approximate surface area is 258 Å². The Hall–Kier alpha value is -5.54. The second-order valence-electron chi connectivity index (χ2n) is 9.98. The van der Waals surface area contributed by atoms with E-state index in [1.165, 1.54) is 0 Å². The number of rotatable bonds is 12. The molecule has 8 heteroatoms. The van der Waals surface area contributed by atoms with Crippen molar-refractivity contribution in [2.45, 2.75) is 13.1 Å². The first-order valence-electron chi connectivity index (χ1n) is 14.4. The first-order chi connectivity index (χ1) is 21.7. The Balaban J connectivity index is 1.25. The van der Waals surface area contributed by atoms with Crippen LogP contribution in [0.2, 0.25) is 0 Å². The van der Waals surface area contributed by atoms with E-state index < -0.39 is 0 Å². The molecule has 0 aliphatic carbocycles. The van der Waals surface area contributed by atoms with Gasteiger partial charge in [-0.2, -0.15) is 0 Å². The predicted octanol–water partition coefficient (Wildman–Crippen LogP) is 4.55. The molecule has 0 bridgehead atoms. The Morgan fingerprint density at radius 2 is 1.11 bits per heavy atom. The number of hydrogen-bond donors (Lipinski definition) is 2. The molecule has 0 saturated carbocycles. The molecule has 2 aromatic heterocycles. The lowest BCUT2D eigenvalue weighted by molar-refractivity contribution is 0.621. The molecule has 0 fully saturated rings. The van der Waals surface area contributed by atoms with Gasteiger partial charge in [-0.25, -0.2) is 9.36 Å². The highest BCUT2D eigenvalue weighted by molar-refractivity contribution is 5.61. The van der Waals surface area contributed by atoms with Crippen molar-refractivity contribution in [3.05, 3.63) is 133 Å². The fourth-order valence-corrected chi connectivity index (χ4v) is 4.51. The van der Waals surface area contributed by atoms with Crippen molar-refractivity contribution in [1.29, 1.82) is 0 Å². The molecular weight excluding hydrogens is 544 g/mol. The minimum atomic E-state index is 0.585. The second kappa shape index (κ2) is 15.6. The van der Waals surface area contributed by atoms with Gasteiger partial charge >= 0.3 is 0 Å². The lowest BCUT2D eigenvalue weighted by Gasteiger charge is -2.09. The third-order valence-corrected chi connectivity index (χ3v) is 6.65. The van der Waals surface area contributed by atoms with Crippen LogP contribution < -0.4 is 10.6 Å². The molecule has 0 saturated heterocycles. The molecule has 0 spiro atoms. The van der Waals surface area contributed by atoms with Crippen molar-refractivity contribution < 1.29 is 0 Å². The van der Waals surface area contributed by atoms with E-state index in [9.17, 15) is 0 Å². The summed E-state index contributed by atoms with van der Waals surface area (Å²) in [6.45, 7) is 11.3. The summed E-state index contributed by atoms with van der Waals surface area (Å²) in [6.07, 6.45) is 7.57. The van der Waals surface area contributed by atoms with Gasteiger partial charge in [-0.1, -0.05) is 94.8 Å². The summed E-state index contributed by atoms with van der Waals surface area (Å²) in [5.74, 6) is 12.7. The number of hydrogen-bond acceptors (Lipinski definition) is 6. The molecule has 218 valence electrons.